The summed E-state index contributed by atoms with van der Waals surface area (Å²) in [6, 6.07) is 0. The van der Waals surface area contributed by atoms with Crippen molar-refractivity contribution in [3.63, 3.8) is 0 Å². The predicted molar refractivity (Wildman–Crippen MR) is 53.4 cm³/mol. The van der Waals surface area contributed by atoms with Crippen LogP contribution in [-0.4, -0.2) is 37.0 Å². The number of aliphatic carboxylic acids is 1. The molecule has 0 aliphatic carbocycles. The highest BCUT2D eigenvalue weighted by atomic mass is 16.5. The van der Waals surface area contributed by atoms with Gasteiger partial charge < -0.3 is 14.6 Å². The van der Waals surface area contributed by atoms with Crippen molar-refractivity contribution in [1.82, 2.24) is 0 Å². The Bertz CT molecular complexity index is 170. The molecule has 0 aromatic carbocycles. The van der Waals surface area contributed by atoms with Crippen LogP contribution in [0.25, 0.3) is 0 Å². The summed E-state index contributed by atoms with van der Waals surface area (Å²) < 4.78 is 10.2. The van der Waals surface area contributed by atoms with Crippen LogP contribution in [0.3, 0.4) is 0 Å². The number of ether oxygens (including phenoxy) is 2. The molecule has 0 radical (unpaired) electrons. The molecule has 1 atom stereocenters. The molecule has 4 heteroatoms. The van der Waals surface area contributed by atoms with Gasteiger partial charge in [0.1, 0.15) is 0 Å². The summed E-state index contributed by atoms with van der Waals surface area (Å²) in [5.74, 6) is -0.925. The summed E-state index contributed by atoms with van der Waals surface area (Å²) in [6.45, 7) is 4.51. The van der Waals surface area contributed by atoms with Gasteiger partial charge in [-0.3, -0.25) is 0 Å². The molecule has 84 valence electrons. The van der Waals surface area contributed by atoms with E-state index in [-0.39, 0.29) is 0 Å². The van der Waals surface area contributed by atoms with Crippen molar-refractivity contribution >= 4 is 5.97 Å². The fraction of sp³-hybridized carbons (Fsp3) is 0.900. The number of carboxylic acids is 1. The zero-order chi connectivity index (χ0) is 11.0. The van der Waals surface area contributed by atoms with Crippen LogP contribution in [0.1, 0.15) is 33.1 Å². The summed E-state index contributed by atoms with van der Waals surface area (Å²) in [5.41, 5.74) is -1.11. The van der Waals surface area contributed by atoms with E-state index in [1.165, 1.54) is 0 Å². The van der Waals surface area contributed by atoms with Gasteiger partial charge in [0.05, 0.1) is 0 Å². The molecule has 0 rings (SSSR count). The van der Waals surface area contributed by atoms with Gasteiger partial charge in [0.2, 0.25) is 0 Å². The first-order chi connectivity index (χ1) is 6.56. The van der Waals surface area contributed by atoms with Crippen molar-refractivity contribution in [1.29, 1.82) is 0 Å². The lowest BCUT2D eigenvalue weighted by Crippen LogP contribution is -2.39. The second kappa shape index (κ2) is 6.79. The lowest BCUT2D eigenvalue weighted by atomic mass is 10.0. The van der Waals surface area contributed by atoms with Gasteiger partial charge in [-0.2, -0.15) is 0 Å². The smallest absolute Gasteiger partial charge is 0.335 e. The molecule has 0 bridgehead atoms. The van der Waals surface area contributed by atoms with Crippen molar-refractivity contribution in [2.45, 2.75) is 38.7 Å². The third-order valence-electron chi connectivity index (χ3n) is 2.15. The minimum absolute atomic E-state index is 0.378. The third-order valence-corrected chi connectivity index (χ3v) is 2.15. The molecule has 0 aliphatic rings. The molecule has 0 saturated heterocycles. The van der Waals surface area contributed by atoms with Crippen molar-refractivity contribution in [2.24, 2.45) is 0 Å². The summed E-state index contributed by atoms with van der Waals surface area (Å²) in [6.07, 6.45) is 2.26. The molecular weight excluding hydrogens is 184 g/mol. The molecule has 0 spiro atoms. The van der Waals surface area contributed by atoms with Crippen molar-refractivity contribution in [3.8, 4) is 0 Å². The van der Waals surface area contributed by atoms with Crippen LogP contribution in [0, 0.1) is 0 Å². The van der Waals surface area contributed by atoms with E-state index in [1.807, 2.05) is 6.92 Å². The van der Waals surface area contributed by atoms with Crippen LogP contribution in [0.2, 0.25) is 0 Å². The van der Waals surface area contributed by atoms with Gasteiger partial charge in [-0.1, -0.05) is 13.3 Å². The Hall–Kier alpha value is -0.610. The molecule has 0 aliphatic heterocycles. The zero-order valence-electron chi connectivity index (χ0n) is 9.21. The van der Waals surface area contributed by atoms with Gasteiger partial charge in [-0.05, 0) is 13.3 Å². The van der Waals surface area contributed by atoms with Crippen molar-refractivity contribution in [3.05, 3.63) is 0 Å². The molecule has 0 amide bonds. The normalized spacial score (nSPS) is 15.1. The Morgan fingerprint density at radius 3 is 2.50 bits per heavy atom. The average molecular weight is 204 g/mol. The Morgan fingerprint density at radius 1 is 1.43 bits per heavy atom. The van der Waals surface area contributed by atoms with Gasteiger partial charge in [0, 0.05) is 26.7 Å². The Labute approximate surface area is 85.2 Å². The first kappa shape index (κ1) is 13.4. The van der Waals surface area contributed by atoms with Crippen molar-refractivity contribution < 1.29 is 19.4 Å². The highest BCUT2D eigenvalue weighted by molar-refractivity contribution is 5.76. The molecule has 0 fully saturated rings. The molecule has 1 N–H and O–H groups in total. The maximum Gasteiger partial charge on any atom is 0.335 e. The molecule has 0 aromatic heterocycles. The van der Waals surface area contributed by atoms with Crippen LogP contribution in [0.15, 0.2) is 0 Å². The lowest BCUT2D eigenvalue weighted by molar-refractivity contribution is -0.166. The Balaban J connectivity index is 4.03. The van der Waals surface area contributed by atoms with Crippen LogP contribution in [0.5, 0.6) is 0 Å². The predicted octanol–water partition coefficient (Wildman–Crippen LogP) is 1.68. The molecule has 0 aromatic rings. The van der Waals surface area contributed by atoms with Crippen LogP contribution < -0.4 is 0 Å². The van der Waals surface area contributed by atoms with Gasteiger partial charge in [-0.25, -0.2) is 4.79 Å². The topological polar surface area (TPSA) is 55.8 Å². The average Bonchev–Trinajstić information content (AvgIpc) is 2.15. The van der Waals surface area contributed by atoms with Crippen LogP contribution >= 0.6 is 0 Å². The van der Waals surface area contributed by atoms with E-state index < -0.39 is 11.6 Å². The minimum atomic E-state index is -1.11. The largest absolute Gasteiger partial charge is 0.479 e. The number of carbonyl (C=O) groups is 1. The highest BCUT2D eigenvalue weighted by Gasteiger charge is 2.33. The number of rotatable bonds is 8. The fourth-order valence-electron chi connectivity index (χ4n) is 0.979. The minimum Gasteiger partial charge on any atom is -0.479 e. The number of hydrogen-bond acceptors (Lipinski definition) is 3. The Morgan fingerprint density at radius 2 is 2.07 bits per heavy atom. The quantitative estimate of drug-likeness (QED) is 0.611. The van der Waals surface area contributed by atoms with Crippen molar-refractivity contribution in [2.75, 3.05) is 20.3 Å². The van der Waals surface area contributed by atoms with Gasteiger partial charge in [-0.15, -0.1) is 0 Å². The summed E-state index contributed by atoms with van der Waals surface area (Å²) in [7, 11) is 1.55. The second-order valence-electron chi connectivity index (χ2n) is 3.48. The zero-order valence-corrected chi connectivity index (χ0v) is 9.21. The number of hydrogen-bond donors (Lipinski definition) is 1. The van der Waals surface area contributed by atoms with E-state index in [9.17, 15) is 4.79 Å². The number of unbranched alkanes of at least 4 members (excludes halogenated alkanes) is 1. The van der Waals surface area contributed by atoms with E-state index in [0.717, 1.165) is 12.8 Å². The van der Waals surface area contributed by atoms with Gasteiger partial charge in [0.15, 0.2) is 5.60 Å². The molecule has 14 heavy (non-hydrogen) atoms. The second-order valence-corrected chi connectivity index (χ2v) is 3.48. The number of methoxy groups -OCH3 is 1. The number of carboxylic acid groups (broad SMARTS) is 1. The monoisotopic (exact) mass is 204 g/mol. The first-order valence-corrected chi connectivity index (χ1v) is 4.93. The van der Waals surface area contributed by atoms with E-state index in [4.69, 9.17) is 14.6 Å². The SMILES string of the molecule is CCCCOC(C)(CCOC)C(=O)O. The van der Waals surface area contributed by atoms with E-state index in [1.54, 1.807) is 14.0 Å². The maximum atomic E-state index is 10.9. The molecular formula is C10H20O4. The summed E-state index contributed by atoms with van der Waals surface area (Å²) in [5, 5.41) is 8.98. The lowest BCUT2D eigenvalue weighted by Gasteiger charge is -2.24. The Kier molecular flexibility index (Phi) is 6.49. The standard InChI is InChI=1S/C10H20O4/c1-4-5-7-14-10(2,9(11)12)6-8-13-3/h4-8H2,1-3H3,(H,11,12). The third kappa shape index (κ3) is 4.58. The molecule has 0 heterocycles. The fourth-order valence-corrected chi connectivity index (χ4v) is 0.979. The molecule has 4 nitrogen and oxygen atoms in total. The highest BCUT2D eigenvalue weighted by Crippen LogP contribution is 2.16. The summed E-state index contributed by atoms with van der Waals surface area (Å²) >= 11 is 0. The van der Waals surface area contributed by atoms with E-state index in [2.05, 4.69) is 0 Å². The van der Waals surface area contributed by atoms with Crippen LogP contribution in [-0.2, 0) is 14.3 Å². The van der Waals surface area contributed by atoms with Gasteiger partial charge >= 0.3 is 5.97 Å². The van der Waals surface area contributed by atoms with Crippen LogP contribution in [0.4, 0.5) is 0 Å². The first-order valence-electron chi connectivity index (χ1n) is 4.93. The maximum absolute atomic E-state index is 10.9. The van der Waals surface area contributed by atoms with E-state index >= 15 is 0 Å². The summed E-state index contributed by atoms with van der Waals surface area (Å²) in [4.78, 5) is 10.9. The molecule has 0 saturated carbocycles. The molecule has 1 unspecified atom stereocenters. The van der Waals surface area contributed by atoms with Gasteiger partial charge in [0.25, 0.3) is 0 Å². The van der Waals surface area contributed by atoms with E-state index in [0.29, 0.717) is 19.6 Å².